The van der Waals surface area contributed by atoms with Gasteiger partial charge in [-0.3, -0.25) is 9.59 Å². The molecule has 1 heterocycles. The molecule has 0 atom stereocenters. The fraction of sp³-hybridized carbons (Fsp3) is 0.393. The van der Waals surface area contributed by atoms with Crippen molar-refractivity contribution < 1.29 is 40.3 Å². The molecule has 1 aromatic heterocycles. The van der Waals surface area contributed by atoms with E-state index in [4.69, 9.17) is 4.74 Å². The number of hydrogen-bond donors (Lipinski definition) is 2. The lowest BCUT2D eigenvalue weighted by Crippen LogP contribution is -2.34. The van der Waals surface area contributed by atoms with E-state index in [0.717, 1.165) is 18.2 Å². The summed E-state index contributed by atoms with van der Waals surface area (Å²) in [5, 5.41) is 2.54. The zero-order chi connectivity index (χ0) is 29.9. The van der Waals surface area contributed by atoms with Crippen molar-refractivity contribution in [3.05, 3.63) is 86.3 Å². The molecule has 2 N–H and O–H groups in total. The molecule has 1 aliphatic rings. The molecule has 0 spiro atoms. The van der Waals surface area contributed by atoms with E-state index in [0.29, 0.717) is 31.7 Å². The van der Waals surface area contributed by atoms with Gasteiger partial charge in [-0.25, -0.2) is 18.2 Å². The van der Waals surface area contributed by atoms with Crippen molar-refractivity contribution >= 4 is 5.91 Å². The number of aromatic amines is 1. The lowest BCUT2D eigenvalue weighted by molar-refractivity contribution is -0.137. The monoisotopic (exact) mass is 585 g/mol. The molecule has 6 nitrogen and oxygen atoms in total. The number of benzene rings is 2. The number of nitrogens with one attached hydrogen (secondary N) is 2. The number of aromatic nitrogens is 2. The van der Waals surface area contributed by atoms with Gasteiger partial charge in [0, 0.05) is 29.7 Å². The van der Waals surface area contributed by atoms with Gasteiger partial charge in [0.2, 0.25) is 11.7 Å². The summed E-state index contributed by atoms with van der Waals surface area (Å²) < 4.78 is 103. The van der Waals surface area contributed by atoms with Crippen molar-refractivity contribution in [3.63, 3.8) is 0 Å². The highest BCUT2D eigenvalue weighted by Crippen LogP contribution is 2.38. The van der Waals surface area contributed by atoms with Crippen LogP contribution in [-0.4, -0.2) is 22.0 Å². The first-order valence-electron chi connectivity index (χ1n) is 12.9. The normalized spacial score (nSPS) is 17.5. The summed E-state index contributed by atoms with van der Waals surface area (Å²) in [6, 6.07) is 4.68. The van der Waals surface area contributed by atoms with Crippen LogP contribution < -0.4 is 10.9 Å². The van der Waals surface area contributed by atoms with Gasteiger partial charge in [0.05, 0.1) is 29.5 Å². The summed E-state index contributed by atoms with van der Waals surface area (Å²) in [7, 11) is 0. The molecule has 0 unspecified atom stereocenters. The zero-order valence-electron chi connectivity index (χ0n) is 21.8. The minimum atomic E-state index is -5.01. The minimum absolute atomic E-state index is 0.0584. The van der Waals surface area contributed by atoms with Crippen molar-refractivity contribution in [1.82, 2.24) is 15.3 Å². The Bertz CT molecular complexity index is 1480. The van der Waals surface area contributed by atoms with Crippen LogP contribution >= 0.6 is 0 Å². The Hall–Kier alpha value is -3.74. The Morgan fingerprint density at radius 2 is 1.71 bits per heavy atom. The molecule has 41 heavy (non-hydrogen) atoms. The number of carbonyl (C=O) groups is 1. The van der Waals surface area contributed by atoms with Crippen LogP contribution in [0.2, 0.25) is 0 Å². The fourth-order valence-corrected chi connectivity index (χ4v) is 4.75. The van der Waals surface area contributed by atoms with Crippen LogP contribution in [0.1, 0.15) is 55.0 Å². The molecule has 1 amide bonds. The van der Waals surface area contributed by atoms with Gasteiger partial charge in [-0.05, 0) is 44.2 Å². The lowest BCUT2D eigenvalue weighted by Gasteiger charge is -2.28. The highest BCUT2D eigenvalue weighted by atomic mass is 19.4. The average molecular weight is 586 g/mol. The van der Waals surface area contributed by atoms with Gasteiger partial charge in [0.25, 0.3) is 5.56 Å². The quantitative estimate of drug-likeness (QED) is 0.320. The highest BCUT2D eigenvalue weighted by molar-refractivity contribution is 5.78. The van der Waals surface area contributed by atoms with Crippen molar-refractivity contribution in [2.75, 3.05) is 0 Å². The minimum Gasteiger partial charge on any atom is -0.373 e. The molecule has 0 aliphatic heterocycles. The van der Waals surface area contributed by atoms with E-state index in [1.54, 1.807) is 0 Å². The van der Waals surface area contributed by atoms with Crippen LogP contribution in [0.15, 0.2) is 35.1 Å². The van der Waals surface area contributed by atoms with Gasteiger partial charge in [0.15, 0.2) is 0 Å². The van der Waals surface area contributed by atoms with E-state index < -0.39 is 76.0 Å². The van der Waals surface area contributed by atoms with Gasteiger partial charge < -0.3 is 15.0 Å². The maximum atomic E-state index is 15.5. The number of alkyl halides is 3. The van der Waals surface area contributed by atoms with E-state index in [1.165, 1.54) is 13.0 Å². The van der Waals surface area contributed by atoms with Crippen molar-refractivity contribution in [3.8, 4) is 11.4 Å². The Morgan fingerprint density at radius 1 is 1.02 bits per heavy atom. The third-order valence-corrected chi connectivity index (χ3v) is 7.02. The van der Waals surface area contributed by atoms with E-state index >= 15 is 4.39 Å². The summed E-state index contributed by atoms with van der Waals surface area (Å²) in [5.41, 5.74) is -4.30. The number of ether oxygens (including phenoxy) is 1. The fourth-order valence-electron chi connectivity index (χ4n) is 4.75. The Kier molecular flexibility index (Phi) is 9.15. The van der Waals surface area contributed by atoms with E-state index in [2.05, 4.69) is 10.3 Å². The molecular formula is C28H26F7N3O3. The first-order valence-corrected chi connectivity index (χ1v) is 12.9. The number of nitrogens with zero attached hydrogens (tertiary/aromatic N) is 1. The summed E-state index contributed by atoms with van der Waals surface area (Å²) in [6.45, 7) is 0.936. The second-order valence-electron chi connectivity index (χ2n) is 9.73. The molecule has 1 fully saturated rings. The Labute approximate surface area is 230 Å². The SMILES string of the molecule is CCc1nc(-c2c(C(F)(F)F)ccc(CNC(=O)[C@H]3CC[C@H](OCc4ccc(F)cc4F)CC3)c2F)[nH]c(=O)c1F. The topological polar surface area (TPSA) is 84.1 Å². The third kappa shape index (κ3) is 6.95. The largest absolute Gasteiger partial charge is 0.417 e. The maximum absolute atomic E-state index is 15.5. The van der Waals surface area contributed by atoms with Gasteiger partial charge >= 0.3 is 6.18 Å². The highest BCUT2D eigenvalue weighted by Gasteiger charge is 2.37. The standard InChI is InChI=1S/C28H26F7N3O3/c1-2-21-24(32)27(40)38-25(37-21)22-19(28(33,34)35)10-6-15(23(22)31)12-36-26(39)14-4-8-18(9-5-14)41-13-16-3-7-17(29)11-20(16)30/h3,6-7,10-11,14,18H,2,4-5,8-9,12-13H2,1H3,(H,36,39)(H,37,38,40)/t14-,18-. The van der Waals surface area contributed by atoms with Crippen molar-refractivity contribution in [2.45, 2.75) is 64.5 Å². The Morgan fingerprint density at radius 3 is 2.34 bits per heavy atom. The van der Waals surface area contributed by atoms with Gasteiger partial charge in [-0.15, -0.1) is 0 Å². The molecule has 2 aromatic carbocycles. The molecule has 1 saturated carbocycles. The second kappa shape index (κ2) is 12.4. The second-order valence-corrected chi connectivity index (χ2v) is 9.73. The van der Waals surface area contributed by atoms with Crippen LogP contribution in [0.4, 0.5) is 30.7 Å². The molecule has 3 aromatic rings. The molecule has 1 aliphatic carbocycles. The van der Waals surface area contributed by atoms with Gasteiger partial charge in [-0.2, -0.15) is 17.6 Å². The first kappa shape index (κ1) is 30.2. The van der Waals surface area contributed by atoms with E-state index in [-0.39, 0.29) is 30.3 Å². The summed E-state index contributed by atoms with van der Waals surface area (Å²) >= 11 is 0. The number of aryl methyl sites for hydroxylation is 1. The molecule has 4 rings (SSSR count). The predicted molar refractivity (Wildman–Crippen MR) is 133 cm³/mol. The van der Waals surface area contributed by atoms with Crippen LogP contribution in [0.3, 0.4) is 0 Å². The van der Waals surface area contributed by atoms with Crippen molar-refractivity contribution in [2.24, 2.45) is 5.92 Å². The third-order valence-electron chi connectivity index (χ3n) is 7.02. The number of rotatable bonds is 8. The summed E-state index contributed by atoms with van der Waals surface area (Å²) in [6.07, 6.45) is -3.62. The first-order chi connectivity index (χ1) is 19.4. The van der Waals surface area contributed by atoms with Crippen LogP contribution in [0.25, 0.3) is 11.4 Å². The lowest BCUT2D eigenvalue weighted by atomic mass is 9.86. The molecule has 0 radical (unpaired) electrons. The van der Waals surface area contributed by atoms with E-state index in [9.17, 15) is 35.9 Å². The average Bonchev–Trinajstić information content (AvgIpc) is 2.92. The molecule has 220 valence electrons. The number of carbonyl (C=O) groups excluding carboxylic acids is 1. The van der Waals surface area contributed by atoms with Crippen LogP contribution in [0.5, 0.6) is 0 Å². The molecular weight excluding hydrogens is 559 g/mol. The zero-order valence-corrected chi connectivity index (χ0v) is 21.8. The molecule has 0 bridgehead atoms. The molecule has 13 heteroatoms. The number of H-pyrrole nitrogens is 1. The summed E-state index contributed by atoms with van der Waals surface area (Å²) in [5.74, 6) is -5.71. The van der Waals surface area contributed by atoms with Gasteiger partial charge in [-0.1, -0.05) is 19.1 Å². The van der Waals surface area contributed by atoms with Gasteiger partial charge in [0.1, 0.15) is 23.3 Å². The number of hydrogen-bond acceptors (Lipinski definition) is 4. The number of halogens is 7. The Balaban J connectivity index is 1.42. The maximum Gasteiger partial charge on any atom is 0.417 e. The smallest absolute Gasteiger partial charge is 0.373 e. The van der Waals surface area contributed by atoms with Crippen LogP contribution in [-0.2, 0) is 35.3 Å². The van der Waals surface area contributed by atoms with E-state index in [1.807, 2.05) is 4.98 Å². The number of amides is 1. The summed E-state index contributed by atoms with van der Waals surface area (Å²) in [4.78, 5) is 30.3. The van der Waals surface area contributed by atoms with Crippen LogP contribution in [0, 0.1) is 29.2 Å². The predicted octanol–water partition coefficient (Wildman–Crippen LogP) is 5.97. The van der Waals surface area contributed by atoms with Crippen molar-refractivity contribution in [1.29, 1.82) is 0 Å². The molecule has 0 saturated heterocycles.